The molecule has 0 radical (unpaired) electrons. The van der Waals surface area contributed by atoms with Gasteiger partial charge >= 0.3 is 0 Å². The van der Waals surface area contributed by atoms with Crippen LogP contribution in [-0.2, 0) is 6.42 Å². The second-order valence-electron chi connectivity index (χ2n) is 1.94. The van der Waals surface area contributed by atoms with Gasteiger partial charge in [0, 0.05) is 11.9 Å². The van der Waals surface area contributed by atoms with Crippen LogP contribution in [0.1, 0.15) is 5.69 Å². The van der Waals surface area contributed by atoms with E-state index in [1.54, 1.807) is 0 Å². The number of H-pyrrole nitrogens is 1. The van der Waals surface area contributed by atoms with E-state index in [1.165, 1.54) is 11.4 Å². The Morgan fingerprint density at radius 2 is 2.56 bits per heavy atom. The van der Waals surface area contributed by atoms with Crippen molar-refractivity contribution in [3.63, 3.8) is 0 Å². The molecule has 0 spiro atoms. The largest absolute Gasteiger partial charge is 0.365 e. The van der Waals surface area contributed by atoms with Gasteiger partial charge in [0.2, 0.25) is 0 Å². The Hall–Kier alpha value is -0.370. The van der Waals surface area contributed by atoms with Crippen molar-refractivity contribution in [3.05, 3.63) is 24.0 Å². The molecule has 0 bridgehead atoms. The summed E-state index contributed by atoms with van der Waals surface area (Å²) < 4.78 is 0. The summed E-state index contributed by atoms with van der Waals surface area (Å²) >= 11 is 1.88. The van der Waals surface area contributed by atoms with E-state index in [0.29, 0.717) is 0 Å². The van der Waals surface area contributed by atoms with Gasteiger partial charge in [0.25, 0.3) is 0 Å². The first kappa shape index (κ1) is 6.75. The first-order valence-corrected chi connectivity index (χ1v) is 4.44. The van der Waals surface area contributed by atoms with Gasteiger partial charge in [0.1, 0.15) is 0 Å². The third-order valence-electron chi connectivity index (χ3n) is 1.24. The van der Waals surface area contributed by atoms with E-state index >= 15 is 0 Å². The normalized spacial score (nSPS) is 9.89. The molecular weight excluding hydrogens is 130 g/mol. The Morgan fingerprint density at radius 1 is 1.67 bits per heavy atom. The van der Waals surface area contributed by atoms with Crippen molar-refractivity contribution < 1.29 is 0 Å². The zero-order valence-corrected chi connectivity index (χ0v) is 6.37. The maximum atomic E-state index is 3.16. The summed E-state index contributed by atoms with van der Waals surface area (Å²) in [5.74, 6) is 1.21. The number of aromatic amines is 1. The van der Waals surface area contributed by atoms with Crippen LogP contribution in [0.25, 0.3) is 0 Å². The summed E-state index contributed by atoms with van der Waals surface area (Å²) in [6.07, 6.45) is 5.26. The lowest BCUT2D eigenvalue weighted by atomic mass is 10.3. The molecule has 0 aliphatic carbocycles. The number of hydrogen-bond acceptors (Lipinski definition) is 1. The van der Waals surface area contributed by atoms with Crippen molar-refractivity contribution in [2.75, 3.05) is 12.0 Å². The van der Waals surface area contributed by atoms with Crippen LogP contribution in [0, 0.1) is 0 Å². The monoisotopic (exact) mass is 141 g/mol. The Morgan fingerprint density at radius 3 is 3.11 bits per heavy atom. The van der Waals surface area contributed by atoms with Crippen LogP contribution in [0.2, 0.25) is 0 Å². The van der Waals surface area contributed by atoms with E-state index in [1.807, 2.05) is 24.0 Å². The zero-order valence-electron chi connectivity index (χ0n) is 5.55. The predicted octanol–water partition coefficient (Wildman–Crippen LogP) is 1.92. The maximum absolute atomic E-state index is 3.16. The summed E-state index contributed by atoms with van der Waals surface area (Å²) in [6.45, 7) is 0. The molecule has 50 valence electrons. The van der Waals surface area contributed by atoms with Crippen molar-refractivity contribution >= 4 is 11.8 Å². The second-order valence-corrected chi connectivity index (χ2v) is 2.92. The molecule has 1 heterocycles. The van der Waals surface area contributed by atoms with Crippen LogP contribution in [0.3, 0.4) is 0 Å². The van der Waals surface area contributed by atoms with Crippen molar-refractivity contribution in [1.82, 2.24) is 4.98 Å². The Balaban J connectivity index is 2.30. The highest BCUT2D eigenvalue weighted by Gasteiger charge is 1.88. The fraction of sp³-hybridized carbons (Fsp3) is 0.429. The number of thioether (sulfide) groups is 1. The molecule has 0 saturated heterocycles. The summed E-state index contributed by atoms with van der Waals surface area (Å²) in [6, 6.07) is 4.16. The van der Waals surface area contributed by atoms with Crippen LogP contribution in [0.5, 0.6) is 0 Å². The van der Waals surface area contributed by atoms with Gasteiger partial charge in [-0.25, -0.2) is 0 Å². The van der Waals surface area contributed by atoms with E-state index < -0.39 is 0 Å². The highest BCUT2D eigenvalue weighted by atomic mass is 32.2. The average molecular weight is 141 g/mol. The third-order valence-corrected chi connectivity index (χ3v) is 1.85. The molecule has 0 unspecified atom stereocenters. The molecular formula is C7H11NS. The smallest absolute Gasteiger partial charge is 0.0155 e. The van der Waals surface area contributed by atoms with Gasteiger partial charge in [0.15, 0.2) is 0 Å². The van der Waals surface area contributed by atoms with Gasteiger partial charge in [0.05, 0.1) is 0 Å². The number of hydrogen-bond donors (Lipinski definition) is 1. The number of aromatic nitrogens is 1. The molecule has 0 saturated carbocycles. The topological polar surface area (TPSA) is 15.8 Å². The molecule has 0 fully saturated rings. The Kier molecular flexibility index (Phi) is 2.71. The fourth-order valence-corrected chi connectivity index (χ4v) is 1.16. The highest BCUT2D eigenvalue weighted by molar-refractivity contribution is 7.98. The minimum Gasteiger partial charge on any atom is -0.365 e. The van der Waals surface area contributed by atoms with E-state index in [2.05, 4.69) is 17.3 Å². The second kappa shape index (κ2) is 3.62. The minimum absolute atomic E-state index is 1.16. The van der Waals surface area contributed by atoms with E-state index in [0.717, 1.165) is 6.42 Å². The average Bonchev–Trinajstić information content (AvgIpc) is 2.34. The summed E-state index contributed by atoms with van der Waals surface area (Å²) in [7, 11) is 0. The van der Waals surface area contributed by atoms with Gasteiger partial charge in [-0.2, -0.15) is 11.8 Å². The predicted molar refractivity (Wildman–Crippen MR) is 42.9 cm³/mol. The number of aryl methyl sites for hydroxylation is 1. The van der Waals surface area contributed by atoms with Crippen LogP contribution >= 0.6 is 11.8 Å². The molecule has 0 amide bonds. The standard InChI is InChI=1S/C7H11NS/c1-9-6-4-7-3-2-5-8-7/h2-3,5,8H,4,6H2,1H3. The molecule has 9 heavy (non-hydrogen) atoms. The molecule has 2 heteroatoms. The third kappa shape index (κ3) is 2.14. The van der Waals surface area contributed by atoms with Crippen LogP contribution < -0.4 is 0 Å². The van der Waals surface area contributed by atoms with Crippen LogP contribution in [0.4, 0.5) is 0 Å². The van der Waals surface area contributed by atoms with E-state index in [9.17, 15) is 0 Å². The molecule has 0 atom stereocenters. The molecule has 0 aromatic carbocycles. The van der Waals surface area contributed by atoms with Crippen LogP contribution in [0.15, 0.2) is 18.3 Å². The van der Waals surface area contributed by atoms with Crippen LogP contribution in [-0.4, -0.2) is 17.0 Å². The number of nitrogens with one attached hydrogen (secondary N) is 1. The Labute approximate surface area is 59.9 Å². The molecule has 1 N–H and O–H groups in total. The van der Waals surface area contributed by atoms with Crippen molar-refractivity contribution in [3.8, 4) is 0 Å². The van der Waals surface area contributed by atoms with Gasteiger partial charge < -0.3 is 4.98 Å². The fourth-order valence-electron chi connectivity index (χ4n) is 0.735. The van der Waals surface area contributed by atoms with E-state index in [4.69, 9.17) is 0 Å². The van der Waals surface area contributed by atoms with Crippen molar-refractivity contribution in [2.24, 2.45) is 0 Å². The van der Waals surface area contributed by atoms with Gasteiger partial charge in [-0.15, -0.1) is 0 Å². The summed E-state index contributed by atoms with van der Waals surface area (Å²) in [5.41, 5.74) is 1.34. The molecule has 0 aliphatic rings. The SMILES string of the molecule is CSCCc1ccc[nH]1. The molecule has 1 aromatic heterocycles. The van der Waals surface area contributed by atoms with E-state index in [-0.39, 0.29) is 0 Å². The van der Waals surface area contributed by atoms with Gasteiger partial charge in [-0.05, 0) is 30.6 Å². The first-order chi connectivity index (χ1) is 4.43. The maximum Gasteiger partial charge on any atom is 0.0155 e. The minimum atomic E-state index is 1.16. The lowest BCUT2D eigenvalue weighted by Crippen LogP contribution is -1.85. The lowest BCUT2D eigenvalue weighted by molar-refractivity contribution is 1.08. The molecule has 0 aliphatic heterocycles. The molecule has 1 nitrogen and oxygen atoms in total. The highest BCUT2D eigenvalue weighted by Crippen LogP contribution is 2.00. The lowest BCUT2D eigenvalue weighted by Gasteiger charge is -1.91. The molecule has 1 rings (SSSR count). The summed E-state index contributed by atoms with van der Waals surface area (Å²) in [4.78, 5) is 3.16. The first-order valence-electron chi connectivity index (χ1n) is 3.04. The van der Waals surface area contributed by atoms with Crippen molar-refractivity contribution in [2.45, 2.75) is 6.42 Å². The van der Waals surface area contributed by atoms with Gasteiger partial charge in [-0.3, -0.25) is 0 Å². The zero-order chi connectivity index (χ0) is 6.53. The molecule has 1 aromatic rings. The Bertz CT molecular complexity index is 146. The number of rotatable bonds is 3. The van der Waals surface area contributed by atoms with Gasteiger partial charge in [-0.1, -0.05) is 0 Å². The summed E-state index contributed by atoms with van der Waals surface area (Å²) in [5, 5.41) is 0. The van der Waals surface area contributed by atoms with Crippen molar-refractivity contribution in [1.29, 1.82) is 0 Å². The quantitative estimate of drug-likeness (QED) is 0.680.